The molecule has 1 unspecified atom stereocenters. The summed E-state index contributed by atoms with van der Waals surface area (Å²) in [4.78, 5) is 27.1. The fourth-order valence-electron chi connectivity index (χ4n) is 3.34. The number of anilines is 1. The Labute approximate surface area is 124 Å². The minimum atomic E-state index is -0.748. The number of amides is 1. The van der Waals surface area contributed by atoms with E-state index in [4.69, 9.17) is 5.11 Å². The second kappa shape index (κ2) is 5.85. The van der Waals surface area contributed by atoms with E-state index in [1.54, 1.807) is 0 Å². The number of likely N-dealkylation sites (tertiary alicyclic amines) is 1. The molecule has 1 N–H and O–H groups in total. The topological polar surface area (TPSA) is 60.9 Å². The first-order valence-electron chi connectivity index (χ1n) is 7.46. The highest BCUT2D eigenvalue weighted by Gasteiger charge is 2.29. The van der Waals surface area contributed by atoms with Crippen molar-refractivity contribution in [3.05, 3.63) is 29.8 Å². The molecule has 1 saturated heterocycles. The van der Waals surface area contributed by atoms with Gasteiger partial charge in [0.15, 0.2) is 0 Å². The van der Waals surface area contributed by atoms with Crippen molar-refractivity contribution in [3.63, 3.8) is 0 Å². The number of rotatable bonds is 4. The van der Waals surface area contributed by atoms with Crippen LogP contribution in [0.15, 0.2) is 24.3 Å². The first-order chi connectivity index (χ1) is 10.1. The van der Waals surface area contributed by atoms with E-state index in [9.17, 15) is 9.59 Å². The van der Waals surface area contributed by atoms with Gasteiger partial charge >= 0.3 is 5.97 Å². The molecule has 5 nitrogen and oxygen atoms in total. The van der Waals surface area contributed by atoms with E-state index in [0.29, 0.717) is 13.1 Å². The molecule has 1 atom stereocenters. The Hall–Kier alpha value is -1.88. The predicted octanol–water partition coefficient (Wildman–Crippen LogP) is 1.37. The Morgan fingerprint density at radius 1 is 1.24 bits per heavy atom. The highest BCUT2D eigenvalue weighted by molar-refractivity contribution is 5.96. The van der Waals surface area contributed by atoms with Gasteiger partial charge in [-0.05, 0) is 36.9 Å². The largest absolute Gasteiger partial charge is 0.481 e. The van der Waals surface area contributed by atoms with Crippen LogP contribution >= 0.6 is 0 Å². The van der Waals surface area contributed by atoms with E-state index in [-0.39, 0.29) is 18.2 Å². The quantitative estimate of drug-likeness (QED) is 0.909. The summed E-state index contributed by atoms with van der Waals surface area (Å²) in [5.74, 6) is -0.446. The number of nitrogens with zero attached hydrogens (tertiary/aromatic N) is 2. The molecule has 1 amide bonds. The molecule has 0 aromatic heterocycles. The number of aliphatic carboxylic acids is 1. The zero-order chi connectivity index (χ0) is 14.8. The van der Waals surface area contributed by atoms with Gasteiger partial charge in [0.25, 0.3) is 0 Å². The summed E-state index contributed by atoms with van der Waals surface area (Å²) in [6, 6.07) is 8.03. The molecule has 0 radical (unpaired) electrons. The van der Waals surface area contributed by atoms with Gasteiger partial charge in [-0.25, -0.2) is 0 Å². The molecule has 2 aliphatic heterocycles. The van der Waals surface area contributed by atoms with E-state index in [1.807, 2.05) is 23.1 Å². The van der Waals surface area contributed by atoms with Crippen LogP contribution in [0.2, 0.25) is 0 Å². The molecule has 2 heterocycles. The molecule has 1 aromatic rings. The van der Waals surface area contributed by atoms with Gasteiger partial charge in [0.2, 0.25) is 5.91 Å². The third-order valence-electron chi connectivity index (χ3n) is 4.38. The molecular formula is C16H20N2O3. The normalized spacial score (nSPS) is 21.5. The first-order valence-corrected chi connectivity index (χ1v) is 7.46. The summed E-state index contributed by atoms with van der Waals surface area (Å²) in [6.07, 6.45) is 2.00. The van der Waals surface area contributed by atoms with Gasteiger partial charge in [-0.15, -0.1) is 0 Å². The molecule has 1 aromatic carbocycles. The van der Waals surface area contributed by atoms with Gasteiger partial charge in [0, 0.05) is 25.2 Å². The van der Waals surface area contributed by atoms with Crippen LogP contribution in [-0.2, 0) is 16.0 Å². The number of carbonyl (C=O) groups is 2. The summed E-state index contributed by atoms with van der Waals surface area (Å²) in [7, 11) is 0. The van der Waals surface area contributed by atoms with E-state index < -0.39 is 5.97 Å². The van der Waals surface area contributed by atoms with Crippen LogP contribution < -0.4 is 4.90 Å². The fraction of sp³-hybridized carbons (Fsp3) is 0.500. The van der Waals surface area contributed by atoms with Crippen LogP contribution in [0.25, 0.3) is 0 Å². The van der Waals surface area contributed by atoms with Crippen LogP contribution in [-0.4, -0.2) is 48.1 Å². The molecule has 0 aliphatic carbocycles. The van der Waals surface area contributed by atoms with Crippen molar-refractivity contribution in [1.29, 1.82) is 0 Å². The van der Waals surface area contributed by atoms with Crippen LogP contribution in [0.4, 0.5) is 5.69 Å². The van der Waals surface area contributed by atoms with E-state index in [1.165, 1.54) is 5.56 Å². The monoisotopic (exact) mass is 288 g/mol. The van der Waals surface area contributed by atoms with Crippen molar-refractivity contribution in [1.82, 2.24) is 4.90 Å². The summed E-state index contributed by atoms with van der Waals surface area (Å²) in [5.41, 5.74) is 2.26. The molecule has 5 heteroatoms. The number of fused-ring (bicyclic) bond motifs is 1. The zero-order valence-corrected chi connectivity index (χ0v) is 12.0. The summed E-state index contributed by atoms with van der Waals surface area (Å²) in [6.45, 7) is 2.68. The second-order valence-corrected chi connectivity index (χ2v) is 5.91. The number of carboxylic acid groups (broad SMARTS) is 1. The lowest BCUT2D eigenvalue weighted by Crippen LogP contribution is -2.38. The Morgan fingerprint density at radius 2 is 2.05 bits per heavy atom. The highest BCUT2D eigenvalue weighted by atomic mass is 16.4. The third-order valence-corrected chi connectivity index (χ3v) is 4.38. The zero-order valence-electron chi connectivity index (χ0n) is 12.0. The lowest BCUT2D eigenvalue weighted by Gasteiger charge is -2.21. The number of hydrogen-bond acceptors (Lipinski definition) is 3. The number of hydrogen-bond donors (Lipinski definition) is 1. The lowest BCUT2D eigenvalue weighted by molar-refractivity contribution is -0.138. The Balaban J connectivity index is 1.57. The van der Waals surface area contributed by atoms with Gasteiger partial charge in [-0.1, -0.05) is 18.2 Å². The van der Waals surface area contributed by atoms with Gasteiger partial charge in [0.1, 0.15) is 0 Å². The highest BCUT2D eigenvalue weighted by Crippen LogP contribution is 2.28. The smallest absolute Gasteiger partial charge is 0.303 e. The van der Waals surface area contributed by atoms with Crippen LogP contribution in [0, 0.1) is 5.92 Å². The van der Waals surface area contributed by atoms with E-state index in [0.717, 1.165) is 31.6 Å². The van der Waals surface area contributed by atoms with Crippen LogP contribution in [0.1, 0.15) is 18.4 Å². The molecule has 112 valence electrons. The van der Waals surface area contributed by atoms with E-state index in [2.05, 4.69) is 11.0 Å². The third kappa shape index (κ3) is 3.08. The maximum atomic E-state index is 12.5. The molecule has 0 bridgehead atoms. The van der Waals surface area contributed by atoms with Crippen LogP contribution in [0.5, 0.6) is 0 Å². The van der Waals surface area contributed by atoms with Crippen LogP contribution in [0.3, 0.4) is 0 Å². The van der Waals surface area contributed by atoms with E-state index >= 15 is 0 Å². The van der Waals surface area contributed by atoms with Crippen molar-refractivity contribution in [3.8, 4) is 0 Å². The number of carboxylic acids is 1. The SMILES string of the molecule is O=C(O)CC1CCN(CC(=O)N2CCc3ccccc32)C1. The molecule has 21 heavy (non-hydrogen) atoms. The Bertz CT molecular complexity index is 558. The molecular weight excluding hydrogens is 268 g/mol. The Morgan fingerprint density at radius 3 is 2.86 bits per heavy atom. The van der Waals surface area contributed by atoms with Gasteiger partial charge in [0.05, 0.1) is 6.54 Å². The molecule has 2 aliphatic rings. The number of carbonyl (C=O) groups excluding carboxylic acids is 1. The maximum Gasteiger partial charge on any atom is 0.303 e. The Kier molecular flexibility index (Phi) is 3.92. The van der Waals surface area contributed by atoms with Gasteiger partial charge < -0.3 is 10.0 Å². The van der Waals surface area contributed by atoms with Crippen molar-refractivity contribution in [2.45, 2.75) is 19.3 Å². The average Bonchev–Trinajstić information content (AvgIpc) is 3.04. The van der Waals surface area contributed by atoms with Gasteiger partial charge in [-0.2, -0.15) is 0 Å². The lowest BCUT2D eigenvalue weighted by atomic mass is 10.1. The summed E-state index contributed by atoms with van der Waals surface area (Å²) >= 11 is 0. The fourth-order valence-corrected chi connectivity index (χ4v) is 3.34. The maximum absolute atomic E-state index is 12.5. The second-order valence-electron chi connectivity index (χ2n) is 5.91. The number of benzene rings is 1. The van der Waals surface area contributed by atoms with Crippen molar-refractivity contribution >= 4 is 17.6 Å². The summed E-state index contributed by atoms with van der Waals surface area (Å²) < 4.78 is 0. The molecule has 0 saturated carbocycles. The standard InChI is InChI=1S/C16H20N2O3/c19-15(11-17-7-5-12(10-17)9-16(20)21)18-8-6-13-3-1-2-4-14(13)18/h1-4,12H,5-11H2,(H,20,21). The minimum absolute atomic E-state index is 0.121. The average molecular weight is 288 g/mol. The predicted molar refractivity (Wildman–Crippen MR) is 79.3 cm³/mol. The first kappa shape index (κ1) is 14.1. The van der Waals surface area contributed by atoms with Crippen molar-refractivity contribution < 1.29 is 14.7 Å². The van der Waals surface area contributed by atoms with Crippen molar-refractivity contribution in [2.24, 2.45) is 5.92 Å². The molecule has 3 rings (SSSR count). The molecule has 0 spiro atoms. The minimum Gasteiger partial charge on any atom is -0.481 e. The van der Waals surface area contributed by atoms with Crippen molar-refractivity contribution in [2.75, 3.05) is 31.1 Å². The van der Waals surface area contributed by atoms with Gasteiger partial charge in [-0.3, -0.25) is 14.5 Å². The molecule has 1 fully saturated rings. The number of para-hydroxylation sites is 1. The summed E-state index contributed by atoms with van der Waals surface area (Å²) in [5, 5.41) is 8.83.